The Bertz CT molecular complexity index is 321. The Morgan fingerprint density at radius 3 is 2.80 bits per heavy atom. The molecule has 1 aromatic rings. The van der Waals surface area contributed by atoms with E-state index in [1.54, 1.807) is 0 Å². The van der Waals surface area contributed by atoms with Crippen LogP contribution in [0.4, 0.5) is 5.82 Å². The van der Waals surface area contributed by atoms with Gasteiger partial charge in [0.25, 0.3) is 0 Å². The second-order valence-electron chi connectivity index (χ2n) is 3.99. The summed E-state index contributed by atoms with van der Waals surface area (Å²) < 4.78 is 2.35. The number of hydrogen-bond donors (Lipinski definition) is 1. The van der Waals surface area contributed by atoms with Crippen molar-refractivity contribution in [3.8, 4) is 0 Å². The van der Waals surface area contributed by atoms with Gasteiger partial charge in [0.05, 0.1) is 0 Å². The summed E-state index contributed by atoms with van der Waals surface area (Å²) in [7, 11) is 0. The highest BCUT2D eigenvalue weighted by Crippen LogP contribution is 2.17. The van der Waals surface area contributed by atoms with Crippen LogP contribution in [0, 0.1) is 6.92 Å². The van der Waals surface area contributed by atoms with Crippen LogP contribution in [0.5, 0.6) is 0 Å². The summed E-state index contributed by atoms with van der Waals surface area (Å²) in [6.07, 6.45) is 2.41. The van der Waals surface area contributed by atoms with E-state index in [9.17, 15) is 0 Å². The highest BCUT2D eigenvalue weighted by Gasteiger charge is 2.17. The van der Waals surface area contributed by atoms with Gasteiger partial charge in [-0.3, -0.25) is 0 Å². The van der Waals surface area contributed by atoms with Crippen molar-refractivity contribution in [3.63, 3.8) is 0 Å². The van der Waals surface area contributed by atoms with Crippen LogP contribution in [0.25, 0.3) is 0 Å². The fourth-order valence-corrected chi connectivity index (χ4v) is 2.38. The Balaban J connectivity index is 1.92. The molecule has 0 saturated carbocycles. The second kappa shape index (κ2) is 5.12. The van der Waals surface area contributed by atoms with E-state index in [0.29, 0.717) is 6.04 Å². The van der Waals surface area contributed by atoms with E-state index in [4.69, 9.17) is 0 Å². The lowest BCUT2D eigenvalue weighted by Gasteiger charge is -2.28. The van der Waals surface area contributed by atoms with Gasteiger partial charge in [0, 0.05) is 47.7 Å². The van der Waals surface area contributed by atoms with Gasteiger partial charge in [-0.25, -0.2) is 8.10 Å². The predicted molar refractivity (Wildman–Crippen MR) is 71.2 cm³/mol. The molecular weight excluding hydrogens is 301 g/mol. The van der Waals surface area contributed by atoms with Crippen LogP contribution in [0.2, 0.25) is 0 Å². The fourth-order valence-electron chi connectivity index (χ4n) is 1.82. The first-order valence-electron chi connectivity index (χ1n) is 5.35. The number of rotatable bonds is 2. The van der Waals surface area contributed by atoms with Gasteiger partial charge in [-0.2, -0.15) is 0 Å². The summed E-state index contributed by atoms with van der Waals surface area (Å²) in [5, 5.41) is 3.50. The Kier molecular flexibility index (Phi) is 3.80. The van der Waals surface area contributed by atoms with Gasteiger partial charge in [0.15, 0.2) is 0 Å². The molecule has 4 heteroatoms. The van der Waals surface area contributed by atoms with Crippen LogP contribution in [0.15, 0.2) is 18.2 Å². The molecule has 1 N–H and O–H groups in total. The molecule has 0 unspecified atom stereocenters. The van der Waals surface area contributed by atoms with Crippen molar-refractivity contribution in [3.05, 3.63) is 23.9 Å². The maximum Gasteiger partial charge on any atom is 0.126 e. The molecule has 0 aliphatic carbocycles. The number of nitrogens with zero attached hydrogens (tertiary/aromatic N) is 2. The molecule has 1 aromatic heterocycles. The number of aromatic nitrogens is 1. The summed E-state index contributed by atoms with van der Waals surface area (Å²) in [5.41, 5.74) is 1.08. The predicted octanol–water partition coefficient (Wildman–Crippen LogP) is 2.62. The van der Waals surface area contributed by atoms with Crippen LogP contribution in [-0.4, -0.2) is 27.2 Å². The molecule has 2 rings (SSSR count). The molecule has 0 bridgehead atoms. The number of hydrogen-bond acceptors (Lipinski definition) is 3. The van der Waals surface area contributed by atoms with Crippen molar-refractivity contribution < 1.29 is 0 Å². The number of piperidine rings is 1. The Morgan fingerprint density at radius 2 is 2.13 bits per heavy atom. The fraction of sp³-hybridized carbons (Fsp3) is 0.545. The third kappa shape index (κ3) is 3.31. The third-order valence-corrected chi connectivity index (χ3v) is 3.65. The number of pyridine rings is 1. The summed E-state index contributed by atoms with van der Waals surface area (Å²) >= 11 is 2.39. The zero-order chi connectivity index (χ0) is 10.7. The molecular formula is C11H16IN3. The smallest absolute Gasteiger partial charge is 0.126 e. The van der Waals surface area contributed by atoms with E-state index < -0.39 is 0 Å². The first-order valence-corrected chi connectivity index (χ1v) is 6.31. The van der Waals surface area contributed by atoms with Crippen LogP contribution < -0.4 is 5.32 Å². The number of nitrogens with one attached hydrogen (secondary N) is 1. The lowest BCUT2D eigenvalue weighted by atomic mass is 10.1. The van der Waals surface area contributed by atoms with E-state index in [-0.39, 0.29) is 0 Å². The molecule has 1 saturated heterocycles. The third-order valence-electron chi connectivity index (χ3n) is 2.68. The Hall–Kier alpha value is -0.360. The van der Waals surface area contributed by atoms with E-state index in [0.717, 1.165) is 11.5 Å². The minimum atomic E-state index is 0.588. The van der Waals surface area contributed by atoms with Gasteiger partial charge in [-0.1, -0.05) is 6.07 Å². The minimum absolute atomic E-state index is 0.588. The molecule has 0 spiro atoms. The molecule has 1 aliphatic rings. The van der Waals surface area contributed by atoms with Crippen molar-refractivity contribution in [2.75, 3.05) is 18.4 Å². The number of halogens is 1. The van der Waals surface area contributed by atoms with Crippen LogP contribution in [-0.2, 0) is 0 Å². The van der Waals surface area contributed by atoms with Gasteiger partial charge >= 0.3 is 0 Å². The maximum absolute atomic E-state index is 4.46. The molecule has 3 nitrogen and oxygen atoms in total. The van der Waals surface area contributed by atoms with Crippen LogP contribution in [0.3, 0.4) is 0 Å². The highest BCUT2D eigenvalue weighted by atomic mass is 127. The average molecular weight is 317 g/mol. The molecule has 0 amide bonds. The zero-order valence-corrected chi connectivity index (χ0v) is 11.1. The SMILES string of the molecule is Cc1cccc(NC2CCN(I)CC2)n1. The van der Waals surface area contributed by atoms with E-state index in [2.05, 4.69) is 42.3 Å². The molecule has 2 heterocycles. The van der Waals surface area contributed by atoms with Gasteiger partial charge < -0.3 is 5.32 Å². The van der Waals surface area contributed by atoms with Crippen LogP contribution in [0.1, 0.15) is 18.5 Å². The number of anilines is 1. The van der Waals surface area contributed by atoms with Crippen molar-refractivity contribution in [1.29, 1.82) is 0 Å². The maximum atomic E-state index is 4.46. The normalized spacial score (nSPS) is 19.1. The summed E-state index contributed by atoms with van der Waals surface area (Å²) in [5.74, 6) is 1.02. The van der Waals surface area contributed by atoms with Gasteiger partial charge in [-0.05, 0) is 31.9 Å². The molecule has 1 aliphatic heterocycles. The summed E-state index contributed by atoms with van der Waals surface area (Å²) in [6, 6.07) is 6.71. The van der Waals surface area contributed by atoms with Gasteiger partial charge in [0.1, 0.15) is 5.82 Å². The highest BCUT2D eigenvalue weighted by molar-refractivity contribution is 14.1. The van der Waals surface area contributed by atoms with Crippen molar-refractivity contribution in [2.45, 2.75) is 25.8 Å². The molecule has 0 atom stereocenters. The largest absolute Gasteiger partial charge is 0.367 e. The summed E-state index contributed by atoms with van der Waals surface area (Å²) in [4.78, 5) is 4.46. The molecule has 1 fully saturated rings. The topological polar surface area (TPSA) is 28.2 Å². The first kappa shape index (κ1) is 11.1. The van der Waals surface area contributed by atoms with Crippen molar-refractivity contribution in [2.24, 2.45) is 0 Å². The molecule has 0 aromatic carbocycles. The van der Waals surface area contributed by atoms with E-state index >= 15 is 0 Å². The lowest BCUT2D eigenvalue weighted by molar-refractivity contribution is 0.382. The lowest BCUT2D eigenvalue weighted by Crippen LogP contribution is -2.34. The first-order chi connectivity index (χ1) is 7.24. The Morgan fingerprint density at radius 1 is 1.40 bits per heavy atom. The van der Waals surface area contributed by atoms with Crippen molar-refractivity contribution >= 4 is 28.7 Å². The van der Waals surface area contributed by atoms with E-state index in [1.165, 1.54) is 25.9 Å². The summed E-state index contributed by atoms with van der Waals surface area (Å²) in [6.45, 7) is 4.37. The molecule has 0 radical (unpaired) electrons. The zero-order valence-electron chi connectivity index (χ0n) is 8.91. The van der Waals surface area contributed by atoms with Crippen molar-refractivity contribution in [1.82, 2.24) is 8.10 Å². The van der Waals surface area contributed by atoms with Gasteiger partial charge in [-0.15, -0.1) is 0 Å². The average Bonchev–Trinajstić information content (AvgIpc) is 2.22. The Labute approximate surface area is 105 Å². The molecule has 82 valence electrons. The molecule has 15 heavy (non-hydrogen) atoms. The van der Waals surface area contributed by atoms with Crippen LogP contribution >= 0.6 is 22.9 Å². The quantitative estimate of drug-likeness (QED) is 0.671. The minimum Gasteiger partial charge on any atom is -0.367 e. The van der Waals surface area contributed by atoms with E-state index in [1.807, 2.05) is 19.1 Å². The van der Waals surface area contributed by atoms with Gasteiger partial charge in [0.2, 0.25) is 0 Å². The number of aryl methyl sites for hydroxylation is 1. The monoisotopic (exact) mass is 317 g/mol. The standard InChI is InChI=1S/C11H16IN3/c1-9-3-2-4-11(13-9)14-10-5-7-15(12)8-6-10/h2-4,10H,5-8H2,1H3,(H,13,14). The second-order valence-corrected chi connectivity index (χ2v) is 5.36.